The fourth-order valence-corrected chi connectivity index (χ4v) is 2.47. The summed E-state index contributed by atoms with van der Waals surface area (Å²) in [4.78, 5) is 12.0. The van der Waals surface area contributed by atoms with Gasteiger partial charge in [-0.05, 0) is 49.2 Å². The SMILES string of the molecule is O=C(Nc1ccc(OCC2CCCO2)cc1)c1ccc(F)cc1F. The van der Waals surface area contributed by atoms with Crippen LogP contribution in [0.15, 0.2) is 42.5 Å². The first-order chi connectivity index (χ1) is 11.6. The number of carbonyl (C=O) groups is 1. The zero-order chi connectivity index (χ0) is 16.9. The third-order valence-electron chi connectivity index (χ3n) is 3.75. The Morgan fingerprint density at radius 1 is 1.21 bits per heavy atom. The van der Waals surface area contributed by atoms with Crippen molar-refractivity contribution in [2.45, 2.75) is 18.9 Å². The van der Waals surface area contributed by atoms with E-state index in [2.05, 4.69) is 5.32 Å². The van der Waals surface area contributed by atoms with E-state index in [1.165, 1.54) is 0 Å². The zero-order valence-corrected chi connectivity index (χ0v) is 12.9. The van der Waals surface area contributed by atoms with Crippen LogP contribution in [0.4, 0.5) is 14.5 Å². The van der Waals surface area contributed by atoms with Gasteiger partial charge in [-0.2, -0.15) is 0 Å². The van der Waals surface area contributed by atoms with Crippen LogP contribution in [-0.2, 0) is 4.74 Å². The molecule has 0 radical (unpaired) electrons. The Morgan fingerprint density at radius 3 is 2.67 bits per heavy atom. The highest BCUT2D eigenvalue weighted by atomic mass is 19.1. The van der Waals surface area contributed by atoms with Gasteiger partial charge in [0.15, 0.2) is 0 Å². The molecule has 1 amide bonds. The van der Waals surface area contributed by atoms with Gasteiger partial charge in [-0.1, -0.05) is 0 Å². The van der Waals surface area contributed by atoms with E-state index < -0.39 is 17.5 Å². The molecule has 24 heavy (non-hydrogen) atoms. The maximum Gasteiger partial charge on any atom is 0.258 e. The van der Waals surface area contributed by atoms with Gasteiger partial charge in [0.25, 0.3) is 5.91 Å². The van der Waals surface area contributed by atoms with E-state index in [0.717, 1.165) is 31.6 Å². The third kappa shape index (κ3) is 4.08. The monoisotopic (exact) mass is 333 g/mol. The van der Waals surface area contributed by atoms with Crippen LogP contribution < -0.4 is 10.1 Å². The lowest BCUT2D eigenvalue weighted by molar-refractivity contribution is 0.0679. The van der Waals surface area contributed by atoms with Crippen molar-refractivity contribution in [2.24, 2.45) is 0 Å². The van der Waals surface area contributed by atoms with E-state index in [4.69, 9.17) is 9.47 Å². The summed E-state index contributed by atoms with van der Waals surface area (Å²) in [6.07, 6.45) is 2.18. The molecule has 0 spiro atoms. The molecule has 1 atom stereocenters. The third-order valence-corrected chi connectivity index (χ3v) is 3.75. The molecule has 1 saturated heterocycles. The van der Waals surface area contributed by atoms with Crippen LogP contribution >= 0.6 is 0 Å². The molecule has 1 heterocycles. The van der Waals surface area contributed by atoms with Gasteiger partial charge in [-0.15, -0.1) is 0 Å². The van der Waals surface area contributed by atoms with Crippen molar-refractivity contribution in [1.82, 2.24) is 0 Å². The molecule has 1 fully saturated rings. The van der Waals surface area contributed by atoms with Gasteiger partial charge in [0.2, 0.25) is 0 Å². The highest BCUT2D eigenvalue weighted by Crippen LogP contribution is 2.19. The van der Waals surface area contributed by atoms with E-state index in [1.54, 1.807) is 24.3 Å². The minimum absolute atomic E-state index is 0.130. The first-order valence-electron chi connectivity index (χ1n) is 7.73. The normalized spacial score (nSPS) is 16.8. The van der Waals surface area contributed by atoms with Gasteiger partial charge in [-0.25, -0.2) is 8.78 Å². The lowest BCUT2D eigenvalue weighted by Gasteiger charge is -2.12. The molecule has 126 valence electrons. The molecule has 6 heteroatoms. The summed E-state index contributed by atoms with van der Waals surface area (Å²) in [6.45, 7) is 1.27. The molecule has 4 nitrogen and oxygen atoms in total. The largest absolute Gasteiger partial charge is 0.491 e. The molecule has 0 aliphatic carbocycles. The highest BCUT2D eigenvalue weighted by Gasteiger charge is 2.16. The Hall–Kier alpha value is -2.47. The van der Waals surface area contributed by atoms with Gasteiger partial charge in [0.05, 0.1) is 11.7 Å². The maximum atomic E-state index is 13.6. The standard InChI is InChI=1S/C18H17F2NO3/c19-12-3-8-16(17(20)10-12)18(22)21-13-4-6-14(7-5-13)24-11-15-2-1-9-23-15/h3-8,10,15H,1-2,9,11H2,(H,21,22). The summed E-state index contributed by atoms with van der Waals surface area (Å²) in [7, 11) is 0. The summed E-state index contributed by atoms with van der Waals surface area (Å²) in [5.74, 6) is -1.60. The number of ether oxygens (including phenoxy) is 2. The average molecular weight is 333 g/mol. The lowest BCUT2D eigenvalue weighted by Crippen LogP contribution is -2.16. The Balaban J connectivity index is 1.58. The Labute approximate surface area is 138 Å². The minimum atomic E-state index is -0.899. The molecule has 1 N–H and O–H groups in total. The van der Waals surface area contributed by atoms with Crippen molar-refractivity contribution >= 4 is 11.6 Å². The molecule has 2 aromatic carbocycles. The molecule has 3 rings (SSSR count). The molecular weight excluding hydrogens is 316 g/mol. The highest BCUT2D eigenvalue weighted by molar-refractivity contribution is 6.04. The summed E-state index contributed by atoms with van der Waals surface area (Å²) in [6, 6.07) is 9.57. The second-order valence-corrected chi connectivity index (χ2v) is 5.55. The quantitative estimate of drug-likeness (QED) is 0.906. The smallest absolute Gasteiger partial charge is 0.258 e. The van der Waals surface area contributed by atoms with E-state index in [-0.39, 0.29) is 11.7 Å². The van der Waals surface area contributed by atoms with Crippen LogP contribution in [0.2, 0.25) is 0 Å². The zero-order valence-electron chi connectivity index (χ0n) is 12.9. The van der Waals surface area contributed by atoms with Crippen molar-refractivity contribution in [1.29, 1.82) is 0 Å². The van der Waals surface area contributed by atoms with Crippen LogP contribution in [0, 0.1) is 11.6 Å². The second-order valence-electron chi connectivity index (χ2n) is 5.55. The number of halogens is 2. The van der Waals surface area contributed by atoms with Crippen molar-refractivity contribution < 1.29 is 23.0 Å². The first-order valence-corrected chi connectivity index (χ1v) is 7.73. The summed E-state index contributed by atoms with van der Waals surface area (Å²) in [5, 5.41) is 2.56. The number of benzene rings is 2. The minimum Gasteiger partial charge on any atom is -0.491 e. The predicted molar refractivity (Wildman–Crippen MR) is 85.2 cm³/mol. The van der Waals surface area contributed by atoms with Gasteiger partial charge in [0, 0.05) is 18.4 Å². The van der Waals surface area contributed by atoms with Gasteiger partial charge in [0.1, 0.15) is 24.0 Å². The summed E-state index contributed by atoms with van der Waals surface area (Å²) >= 11 is 0. The molecule has 1 aliphatic rings. The number of nitrogens with one attached hydrogen (secondary N) is 1. The fourth-order valence-electron chi connectivity index (χ4n) is 2.47. The number of rotatable bonds is 5. The molecule has 0 aromatic heterocycles. The van der Waals surface area contributed by atoms with Crippen molar-refractivity contribution in [2.75, 3.05) is 18.5 Å². The van der Waals surface area contributed by atoms with Crippen LogP contribution in [-0.4, -0.2) is 25.2 Å². The maximum absolute atomic E-state index is 13.6. The van der Waals surface area contributed by atoms with Gasteiger partial charge in [-0.3, -0.25) is 4.79 Å². The van der Waals surface area contributed by atoms with E-state index >= 15 is 0 Å². The molecular formula is C18H17F2NO3. The molecule has 1 aliphatic heterocycles. The molecule has 2 aromatic rings. The number of amides is 1. The summed E-state index contributed by atoms with van der Waals surface area (Å²) < 4.78 is 37.6. The molecule has 1 unspecified atom stereocenters. The summed E-state index contributed by atoms with van der Waals surface area (Å²) in [5.41, 5.74) is 0.281. The van der Waals surface area contributed by atoms with Gasteiger partial charge < -0.3 is 14.8 Å². The van der Waals surface area contributed by atoms with Crippen molar-refractivity contribution in [3.63, 3.8) is 0 Å². The lowest BCUT2D eigenvalue weighted by atomic mass is 10.2. The van der Waals surface area contributed by atoms with Gasteiger partial charge >= 0.3 is 0 Å². The van der Waals surface area contributed by atoms with E-state index in [1.807, 2.05) is 0 Å². The molecule has 0 bridgehead atoms. The van der Waals surface area contributed by atoms with Crippen molar-refractivity contribution in [3.05, 3.63) is 59.7 Å². The van der Waals surface area contributed by atoms with Crippen LogP contribution in [0.1, 0.15) is 23.2 Å². The number of hydrogen-bond acceptors (Lipinski definition) is 3. The average Bonchev–Trinajstić information content (AvgIpc) is 3.07. The first kappa shape index (κ1) is 16.4. The van der Waals surface area contributed by atoms with Crippen molar-refractivity contribution in [3.8, 4) is 5.75 Å². The van der Waals surface area contributed by atoms with Crippen LogP contribution in [0.3, 0.4) is 0 Å². The Kier molecular flexibility index (Phi) is 5.05. The van der Waals surface area contributed by atoms with E-state index in [9.17, 15) is 13.6 Å². The Bertz CT molecular complexity index is 713. The predicted octanol–water partition coefficient (Wildman–Crippen LogP) is 3.77. The number of anilines is 1. The topological polar surface area (TPSA) is 47.6 Å². The molecule has 0 saturated carbocycles. The van der Waals surface area contributed by atoms with Crippen LogP contribution in [0.25, 0.3) is 0 Å². The fraction of sp³-hybridized carbons (Fsp3) is 0.278. The number of carbonyl (C=O) groups excluding carboxylic acids is 1. The Morgan fingerprint density at radius 2 is 2.00 bits per heavy atom. The van der Waals surface area contributed by atoms with Crippen LogP contribution in [0.5, 0.6) is 5.75 Å². The van der Waals surface area contributed by atoms with E-state index in [0.29, 0.717) is 24.1 Å². The number of hydrogen-bond donors (Lipinski definition) is 1. The second kappa shape index (κ2) is 7.40.